The van der Waals surface area contributed by atoms with Gasteiger partial charge in [-0.05, 0) is 14.0 Å². The topological polar surface area (TPSA) is 49.8 Å². The van der Waals surface area contributed by atoms with Crippen molar-refractivity contribution in [2.45, 2.75) is 26.7 Å². The highest BCUT2D eigenvalue weighted by atomic mass is 15.0. The number of hydrogen-bond donors (Lipinski definition) is 2. The number of hydrogen-bond acceptors (Lipinski definition) is 4. The van der Waals surface area contributed by atoms with Gasteiger partial charge in [0.25, 0.3) is 0 Å². The molecule has 4 heteroatoms. The summed E-state index contributed by atoms with van der Waals surface area (Å²) in [5, 5.41) is 6.35. The van der Waals surface area contributed by atoms with E-state index in [1.54, 1.807) is 0 Å². The second kappa shape index (κ2) is 5.66. The standard InChI is InChI=1S/C11H20N4/c1-8(2)11-14-9(3)7-10(15-11)13-6-5-12-4/h7-8,12H,5-6H2,1-4H3,(H,13,14,15). The maximum absolute atomic E-state index is 4.45. The van der Waals surface area contributed by atoms with E-state index in [4.69, 9.17) is 0 Å². The van der Waals surface area contributed by atoms with Crippen molar-refractivity contribution in [2.24, 2.45) is 0 Å². The maximum atomic E-state index is 4.45. The molecule has 0 unspecified atom stereocenters. The quantitative estimate of drug-likeness (QED) is 0.721. The third kappa shape index (κ3) is 3.83. The van der Waals surface area contributed by atoms with E-state index in [1.807, 2.05) is 20.0 Å². The summed E-state index contributed by atoms with van der Waals surface area (Å²) in [5.41, 5.74) is 1.01. The van der Waals surface area contributed by atoms with Gasteiger partial charge in [0.1, 0.15) is 11.6 Å². The van der Waals surface area contributed by atoms with Crippen LogP contribution in [0, 0.1) is 6.92 Å². The van der Waals surface area contributed by atoms with Crippen LogP contribution in [0.4, 0.5) is 5.82 Å². The summed E-state index contributed by atoms with van der Waals surface area (Å²) in [6, 6.07) is 1.97. The highest BCUT2D eigenvalue weighted by molar-refractivity contribution is 5.36. The summed E-state index contributed by atoms with van der Waals surface area (Å²) in [4.78, 5) is 8.85. The summed E-state index contributed by atoms with van der Waals surface area (Å²) >= 11 is 0. The van der Waals surface area contributed by atoms with Crippen molar-refractivity contribution in [3.63, 3.8) is 0 Å². The molecule has 0 aliphatic heterocycles. The molecule has 1 rings (SSSR count). The van der Waals surface area contributed by atoms with Gasteiger partial charge < -0.3 is 10.6 Å². The third-order valence-corrected chi connectivity index (χ3v) is 2.07. The molecule has 0 amide bonds. The molecule has 2 N–H and O–H groups in total. The smallest absolute Gasteiger partial charge is 0.133 e. The molecule has 4 nitrogen and oxygen atoms in total. The first kappa shape index (κ1) is 11.9. The van der Waals surface area contributed by atoms with Crippen molar-refractivity contribution in [1.29, 1.82) is 0 Å². The second-order valence-electron chi connectivity index (χ2n) is 3.94. The Morgan fingerprint density at radius 2 is 2.00 bits per heavy atom. The molecular weight excluding hydrogens is 188 g/mol. The lowest BCUT2D eigenvalue weighted by Crippen LogP contribution is -2.18. The predicted octanol–water partition coefficient (Wildman–Crippen LogP) is 1.54. The lowest BCUT2D eigenvalue weighted by molar-refractivity contribution is 0.763. The summed E-state index contributed by atoms with van der Waals surface area (Å²) in [7, 11) is 1.94. The van der Waals surface area contributed by atoms with Gasteiger partial charge in [0.2, 0.25) is 0 Å². The molecule has 0 spiro atoms. The van der Waals surface area contributed by atoms with E-state index in [9.17, 15) is 0 Å². The van der Waals surface area contributed by atoms with Crippen LogP contribution in [-0.2, 0) is 0 Å². The van der Waals surface area contributed by atoms with Gasteiger partial charge in [-0.2, -0.15) is 0 Å². The fourth-order valence-corrected chi connectivity index (χ4v) is 1.26. The zero-order valence-electron chi connectivity index (χ0n) is 9.96. The molecule has 0 aliphatic rings. The highest BCUT2D eigenvalue weighted by Crippen LogP contribution is 2.13. The molecule has 0 saturated heterocycles. The number of nitrogens with zero attached hydrogens (tertiary/aromatic N) is 2. The first-order chi connectivity index (χ1) is 7.13. The van der Waals surface area contributed by atoms with Crippen LogP contribution in [0.2, 0.25) is 0 Å². The molecular formula is C11H20N4. The van der Waals surface area contributed by atoms with Crippen molar-refractivity contribution in [3.8, 4) is 0 Å². The van der Waals surface area contributed by atoms with E-state index in [2.05, 4.69) is 34.4 Å². The molecule has 84 valence electrons. The molecule has 15 heavy (non-hydrogen) atoms. The largest absolute Gasteiger partial charge is 0.369 e. The van der Waals surface area contributed by atoms with Crippen molar-refractivity contribution in [2.75, 3.05) is 25.5 Å². The van der Waals surface area contributed by atoms with Gasteiger partial charge in [-0.3, -0.25) is 0 Å². The van der Waals surface area contributed by atoms with Gasteiger partial charge in [0, 0.05) is 30.8 Å². The van der Waals surface area contributed by atoms with Crippen LogP contribution in [0.1, 0.15) is 31.3 Å². The first-order valence-corrected chi connectivity index (χ1v) is 5.37. The van der Waals surface area contributed by atoms with Crippen molar-refractivity contribution < 1.29 is 0 Å². The molecule has 0 radical (unpaired) electrons. The molecule has 0 saturated carbocycles. The predicted molar refractivity (Wildman–Crippen MR) is 63.3 cm³/mol. The number of aryl methyl sites for hydroxylation is 1. The Kier molecular flexibility index (Phi) is 4.49. The van der Waals surface area contributed by atoms with Crippen LogP contribution in [0.15, 0.2) is 6.07 Å². The Morgan fingerprint density at radius 1 is 1.27 bits per heavy atom. The van der Waals surface area contributed by atoms with Gasteiger partial charge in [0.05, 0.1) is 0 Å². The normalized spacial score (nSPS) is 10.7. The SMILES string of the molecule is CNCCNc1cc(C)nc(C(C)C)n1. The molecule has 1 aromatic heterocycles. The van der Waals surface area contributed by atoms with Gasteiger partial charge in [-0.25, -0.2) is 9.97 Å². The lowest BCUT2D eigenvalue weighted by Gasteiger charge is -2.09. The minimum atomic E-state index is 0.370. The molecule has 0 aromatic carbocycles. The van der Waals surface area contributed by atoms with E-state index in [1.165, 1.54) is 0 Å². The number of nitrogens with one attached hydrogen (secondary N) is 2. The van der Waals surface area contributed by atoms with Crippen LogP contribution in [0.5, 0.6) is 0 Å². The Balaban J connectivity index is 2.71. The lowest BCUT2D eigenvalue weighted by atomic mass is 10.2. The molecule has 1 aromatic rings. The van der Waals surface area contributed by atoms with Crippen LogP contribution < -0.4 is 10.6 Å². The summed E-state index contributed by atoms with van der Waals surface area (Å²) < 4.78 is 0. The third-order valence-electron chi connectivity index (χ3n) is 2.07. The summed E-state index contributed by atoms with van der Waals surface area (Å²) in [6.45, 7) is 8.01. The summed E-state index contributed by atoms with van der Waals surface area (Å²) in [6.07, 6.45) is 0. The molecule has 0 atom stereocenters. The first-order valence-electron chi connectivity index (χ1n) is 5.37. The minimum Gasteiger partial charge on any atom is -0.369 e. The number of aromatic nitrogens is 2. The fraction of sp³-hybridized carbons (Fsp3) is 0.636. The molecule has 0 fully saturated rings. The van der Waals surface area contributed by atoms with E-state index in [0.717, 1.165) is 30.4 Å². The minimum absolute atomic E-state index is 0.370. The number of anilines is 1. The Bertz CT molecular complexity index is 309. The maximum Gasteiger partial charge on any atom is 0.133 e. The zero-order valence-corrected chi connectivity index (χ0v) is 9.96. The van der Waals surface area contributed by atoms with Crippen LogP contribution in [0.3, 0.4) is 0 Å². The van der Waals surface area contributed by atoms with Gasteiger partial charge in [-0.15, -0.1) is 0 Å². The van der Waals surface area contributed by atoms with Crippen LogP contribution >= 0.6 is 0 Å². The van der Waals surface area contributed by atoms with Crippen LogP contribution in [-0.4, -0.2) is 30.1 Å². The van der Waals surface area contributed by atoms with Crippen molar-refractivity contribution in [3.05, 3.63) is 17.6 Å². The summed E-state index contributed by atoms with van der Waals surface area (Å²) in [5.74, 6) is 2.19. The van der Waals surface area contributed by atoms with Crippen molar-refractivity contribution in [1.82, 2.24) is 15.3 Å². The number of rotatable bonds is 5. The van der Waals surface area contributed by atoms with E-state index in [0.29, 0.717) is 5.92 Å². The van der Waals surface area contributed by atoms with Crippen molar-refractivity contribution >= 4 is 5.82 Å². The monoisotopic (exact) mass is 208 g/mol. The van der Waals surface area contributed by atoms with Gasteiger partial charge in [0.15, 0.2) is 0 Å². The average Bonchev–Trinajstić information content (AvgIpc) is 2.17. The zero-order chi connectivity index (χ0) is 11.3. The number of likely N-dealkylation sites (N-methyl/N-ethyl adjacent to an activating group) is 1. The van der Waals surface area contributed by atoms with Crippen LogP contribution in [0.25, 0.3) is 0 Å². The highest BCUT2D eigenvalue weighted by Gasteiger charge is 2.05. The fourth-order valence-electron chi connectivity index (χ4n) is 1.26. The van der Waals surface area contributed by atoms with Gasteiger partial charge in [-0.1, -0.05) is 13.8 Å². The Hall–Kier alpha value is -1.16. The molecule has 1 heterocycles. The van der Waals surface area contributed by atoms with E-state index < -0.39 is 0 Å². The molecule has 0 aliphatic carbocycles. The molecule has 0 bridgehead atoms. The van der Waals surface area contributed by atoms with Gasteiger partial charge >= 0.3 is 0 Å². The Labute approximate surface area is 91.5 Å². The van der Waals surface area contributed by atoms with E-state index in [-0.39, 0.29) is 0 Å². The Morgan fingerprint density at radius 3 is 2.60 bits per heavy atom. The van der Waals surface area contributed by atoms with E-state index >= 15 is 0 Å². The average molecular weight is 208 g/mol. The second-order valence-corrected chi connectivity index (χ2v) is 3.94.